The third-order valence-electron chi connectivity index (χ3n) is 4.67. The van der Waals surface area contributed by atoms with Gasteiger partial charge in [0.25, 0.3) is 5.91 Å². The van der Waals surface area contributed by atoms with Crippen LogP contribution in [0.15, 0.2) is 43.0 Å². The minimum Gasteiger partial charge on any atom is -0.350 e. The first-order valence-electron chi connectivity index (χ1n) is 8.54. The Morgan fingerprint density at radius 1 is 1.12 bits per heavy atom. The molecule has 7 heteroatoms. The highest BCUT2D eigenvalue weighted by Gasteiger charge is 2.24. The highest BCUT2D eigenvalue weighted by molar-refractivity contribution is 5.94. The summed E-state index contributed by atoms with van der Waals surface area (Å²) >= 11 is 0. The number of carbonyl (C=O) groups excluding carboxylic acids is 1. The zero-order valence-corrected chi connectivity index (χ0v) is 14.2. The number of piperazine rings is 1. The van der Waals surface area contributed by atoms with Crippen molar-refractivity contribution in [2.24, 2.45) is 0 Å². The fourth-order valence-corrected chi connectivity index (χ4v) is 3.16. The maximum Gasteiger partial charge on any atom is 0.253 e. The van der Waals surface area contributed by atoms with E-state index >= 15 is 0 Å². The summed E-state index contributed by atoms with van der Waals surface area (Å²) in [5, 5.41) is 8.08. The first-order chi connectivity index (χ1) is 12.3. The SMILES string of the molecule is CCc1ccc(C(=O)N2CCN(c3nccn4cnnc34)CC2)cc1. The lowest BCUT2D eigenvalue weighted by molar-refractivity contribution is 0.0746. The van der Waals surface area contributed by atoms with Gasteiger partial charge < -0.3 is 9.80 Å². The summed E-state index contributed by atoms with van der Waals surface area (Å²) in [7, 11) is 0. The van der Waals surface area contributed by atoms with Crippen LogP contribution in [0.3, 0.4) is 0 Å². The molecule has 4 rings (SSSR count). The van der Waals surface area contributed by atoms with Crippen LogP contribution in [-0.4, -0.2) is 56.6 Å². The minimum atomic E-state index is 0.0935. The molecule has 3 aromatic rings. The number of rotatable bonds is 3. The fourth-order valence-electron chi connectivity index (χ4n) is 3.16. The Hall–Kier alpha value is -2.96. The lowest BCUT2D eigenvalue weighted by Crippen LogP contribution is -2.49. The maximum absolute atomic E-state index is 12.7. The number of hydrogen-bond acceptors (Lipinski definition) is 5. The monoisotopic (exact) mass is 336 g/mol. The van der Waals surface area contributed by atoms with Crippen LogP contribution in [0.4, 0.5) is 5.82 Å². The standard InChI is InChI=1S/C18H20N6O/c1-2-14-3-5-15(6-4-14)18(25)23-11-9-22(10-12-23)16-17-21-20-13-24(17)8-7-19-16/h3-8,13H,2,9-12H2,1H3. The molecule has 1 aromatic carbocycles. The number of anilines is 1. The third kappa shape index (κ3) is 2.93. The summed E-state index contributed by atoms with van der Waals surface area (Å²) in [6.45, 7) is 4.92. The number of amides is 1. The number of aromatic nitrogens is 4. The van der Waals surface area contributed by atoms with E-state index in [4.69, 9.17) is 0 Å². The van der Waals surface area contributed by atoms with Crippen LogP contribution in [0.1, 0.15) is 22.8 Å². The van der Waals surface area contributed by atoms with Crippen LogP contribution in [-0.2, 0) is 6.42 Å². The average Bonchev–Trinajstić information content (AvgIpc) is 3.16. The van der Waals surface area contributed by atoms with Crippen LogP contribution in [0.25, 0.3) is 5.65 Å². The molecule has 0 saturated carbocycles. The second-order valence-corrected chi connectivity index (χ2v) is 6.14. The second kappa shape index (κ2) is 6.51. The summed E-state index contributed by atoms with van der Waals surface area (Å²) in [6, 6.07) is 7.90. The van der Waals surface area contributed by atoms with Gasteiger partial charge in [-0.1, -0.05) is 19.1 Å². The summed E-state index contributed by atoms with van der Waals surface area (Å²) < 4.78 is 1.86. The molecular weight excluding hydrogens is 316 g/mol. The van der Waals surface area contributed by atoms with Crippen LogP contribution in [0.2, 0.25) is 0 Å². The first-order valence-corrected chi connectivity index (χ1v) is 8.54. The molecule has 0 atom stereocenters. The lowest BCUT2D eigenvalue weighted by Gasteiger charge is -2.35. The van der Waals surface area contributed by atoms with Crippen molar-refractivity contribution in [3.8, 4) is 0 Å². The van der Waals surface area contributed by atoms with E-state index in [-0.39, 0.29) is 5.91 Å². The Morgan fingerprint density at radius 3 is 2.60 bits per heavy atom. The van der Waals surface area contributed by atoms with Crippen LogP contribution < -0.4 is 4.90 Å². The zero-order valence-electron chi connectivity index (χ0n) is 14.2. The van der Waals surface area contributed by atoms with E-state index in [9.17, 15) is 4.79 Å². The van der Waals surface area contributed by atoms with E-state index in [0.717, 1.165) is 36.5 Å². The number of nitrogens with zero attached hydrogens (tertiary/aromatic N) is 6. The molecule has 0 N–H and O–H groups in total. The highest BCUT2D eigenvalue weighted by Crippen LogP contribution is 2.19. The Balaban J connectivity index is 1.45. The van der Waals surface area contributed by atoms with Gasteiger partial charge in [0.1, 0.15) is 6.33 Å². The number of fused-ring (bicyclic) bond motifs is 1. The van der Waals surface area contributed by atoms with Gasteiger partial charge in [0.2, 0.25) is 5.65 Å². The van der Waals surface area contributed by atoms with Gasteiger partial charge >= 0.3 is 0 Å². The molecular formula is C18H20N6O. The van der Waals surface area contributed by atoms with E-state index in [1.807, 2.05) is 39.8 Å². The predicted octanol–water partition coefficient (Wildman–Crippen LogP) is 1.65. The van der Waals surface area contributed by atoms with Gasteiger partial charge in [-0.2, -0.15) is 0 Å². The number of aryl methyl sites for hydroxylation is 1. The van der Waals surface area contributed by atoms with Crippen molar-refractivity contribution in [3.05, 3.63) is 54.1 Å². The average molecular weight is 336 g/mol. The Kier molecular flexibility index (Phi) is 4.05. The molecule has 0 bridgehead atoms. The van der Waals surface area contributed by atoms with Gasteiger partial charge in [0, 0.05) is 44.1 Å². The quantitative estimate of drug-likeness (QED) is 0.727. The molecule has 1 fully saturated rings. The topological polar surface area (TPSA) is 66.6 Å². The molecule has 25 heavy (non-hydrogen) atoms. The number of hydrogen-bond donors (Lipinski definition) is 0. The predicted molar refractivity (Wildman–Crippen MR) is 94.7 cm³/mol. The van der Waals surface area contributed by atoms with Gasteiger partial charge in [-0.15, -0.1) is 10.2 Å². The van der Waals surface area contributed by atoms with Gasteiger partial charge in [0.05, 0.1) is 0 Å². The maximum atomic E-state index is 12.7. The van der Waals surface area contributed by atoms with Crippen molar-refractivity contribution >= 4 is 17.4 Å². The van der Waals surface area contributed by atoms with Gasteiger partial charge in [-0.25, -0.2) is 4.98 Å². The van der Waals surface area contributed by atoms with Gasteiger partial charge in [0.15, 0.2) is 5.82 Å². The smallest absolute Gasteiger partial charge is 0.253 e. The highest BCUT2D eigenvalue weighted by atomic mass is 16.2. The van der Waals surface area contributed by atoms with Crippen molar-refractivity contribution in [2.75, 3.05) is 31.1 Å². The number of carbonyl (C=O) groups is 1. The lowest BCUT2D eigenvalue weighted by atomic mass is 10.1. The van der Waals surface area contributed by atoms with Crippen LogP contribution in [0.5, 0.6) is 0 Å². The van der Waals surface area contributed by atoms with Crippen molar-refractivity contribution in [3.63, 3.8) is 0 Å². The molecule has 1 aliphatic rings. The first kappa shape index (κ1) is 15.6. The number of benzene rings is 1. The van der Waals surface area contributed by atoms with E-state index in [2.05, 4.69) is 27.0 Å². The summed E-state index contributed by atoms with van der Waals surface area (Å²) in [4.78, 5) is 21.2. The van der Waals surface area contributed by atoms with E-state index in [1.165, 1.54) is 5.56 Å². The Labute approximate surface area is 145 Å². The van der Waals surface area contributed by atoms with E-state index in [1.54, 1.807) is 12.5 Å². The van der Waals surface area contributed by atoms with Crippen LogP contribution in [0, 0.1) is 0 Å². The van der Waals surface area contributed by atoms with Crippen molar-refractivity contribution in [1.29, 1.82) is 0 Å². The molecule has 3 heterocycles. The normalized spacial score (nSPS) is 14.9. The molecule has 2 aromatic heterocycles. The van der Waals surface area contributed by atoms with Crippen molar-refractivity contribution in [2.45, 2.75) is 13.3 Å². The minimum absolute atomic E-state index is 0.0935. The molecule has 0 unspecified atom stereocenters. The molecule has 0 spiro atoms. The van der Waals surface area contributed by atoms with Gasteiger partial charge in [-0.3, -0.25) is 9.20 Å². The summed E-state index contributed by atoms with van der Waals surface area (Å²) in [5.41, 5.74) is 2.75. The molecule has 7 nitrogen and oxygen atoms in total. The summed E-state index contributed by atoms with van der Waals surface area (Å²) in [5.74, 6) is 0.912. The molecule has 1 aliphatic heterocycles. The Morgan fingerprint density at radius 2 is 1.88 bits per heavy atom. The third-order valence-corrected chi connectivity index (χ3v) is 4.67. The zero-order chi connectivity index (χ0) is 17.2. The molecule has 128 valence electrons. The van der Waals surface area contributed by atoms with Crippen LogP contribution >= 0.6 is 0 Å². The van der Waals surface area contributed by atoms with Crippen molar-refractivity contribution in [1.82, 2.24) is 24.5 Å². The molecule has 0 radical (unpaired) electrons. The van der Waals surface area contributed by atoms with Crippen molar-refractivity contribution < 1.29 is 4.79 Å². The Bertz CT molecular complexity index is 880. The van der Waals surface area contributed by atoms with Gasteiger partial charge in [-0.05, 0) is 24.1 Å². The largest absolute Gasteiger partial charge is 0.350 e. The molecule has 1 saturated heterocycles. The second-order valence-electron chi connectivity index (χ2n) is 6.14. The van der Waals surface area contributed by atoms with E-state index in [0.29, 0.717) is 13.1 Å². The molecule has 0 aliphatic carbocycles. The fraction of sp³-hybridized carbons (Fsp3) is 0.333. The summed E-state index contributed by atoms with van der Waals surface area (Å²) in [6.07, 6.45) is 6.23. The molecule has 1 amide bonds. The van der Waals surface area contributed by atoms with E-state index < -0.39 is 0 Å².